The molecule has 1 saturated carbocycles. The van der Waals surface area contributed by atoms with Gasteiger partial charge in [-0.05, 0) is 44.2 Å². The Hall–Kier alpha value is -1.23. The van der Waals surface area contributed by atoms with Crippen molar-refractivity contribution in [1.82, 2.24) is 9.88 Å². The summed E-state index contributed by atoms with van der Waals surface area (Å²) >= 11 is 1.83. The van der Waals surface area contributed by atoms with E-state index >= 15 is 0 Å². The van der Waals surface area contributed by atoms with Crippen LogP contribution < -0.4 is 0 Å². The van der Waals surface area contributed by atoms with Crippen molar-refractivity contribution >= 4 is 11.3 Å². The van der Waals surface area contributed by atoms with Gasteiger partial charge >= 0.3 is 0 Å². The second-order valence-electron chi connectivity index (χ2n) is 6.88. The fraction of sp³-hybridized carbons (Fsp3) is 0.526. The van der Waals surface area contributed by atoms with Crippen molar-refractivity contribution in [2.24, 2.45) is 0 Å². The summed E-state index contributed by atoms with van der Waals surface area (Å²) in [5.41, 5.74) is 2.25. The second-order valence-corrected chi connectivity index (χ2v) is 7.77. The lowest BCUT2D eigenvalue weighted by Crippen LogP contribution is -2.30. The minimum absolute atomic E-state index is 0.362. The molecule has 2 atom stereocenters. The van der Waals surface area contributed by atoms with Gasteiger partial charge in [0.25, 0.3) is 0 Å². The predicted octanol–water partition coefficient (Wildman–Crippen LogP) is 4.11. The summed E-state index contributed by atoms with van der Waals surface area (Å²) in [7, 11) is 0. The Morgan fingerprint density at radius 1 is 1.22 bits per heavy atom. The largest absolute Gasteiger partial charge is 0.388 e. The fourth-order valence-corrected chi connectivity index (χ4v) is 4.54. The van der Waals surface area contributed by atoms with Gasteiger partial charge in [0.2, 0.25) is 0 Å². The van der Waals surface area contributed by atoms with Gasteiger partial charge < -0.3 is 5.11 Å². The van der Waals surface area contributed by atoms with Gasteiger partial charge in [-0.15, -0.1) is 11.3 Å². The normalized spacial score (nSPS) is 23.3. The van der Waals surface area contributed by atoms with Crippen molar-refractivity contribution in [2.45, 2.75) is 56.7 Å². The third kappa shape index (κ3) is 3.65. The van der Waals surface area contributed by atoms with Crippen LogP contribution >= 0.6 is 11.3 Å². The number of thiazole rings is 1. The highest BCUT2D eigenvalue weighted by molar-refractivity contribution is 7.09. The molecule has 1 aromatic heterocycles. The standard InChI is InChI=1S/C19H24N2OS/c22-18(14-5-2-1-3-6-14)11-17-7-4-10-21(17)12-16-13-23-19(20-16)15-8-9-15/h1-3,5-6,13,15,17-18,22H,4,7-12H2. The van der Waals surface area contributed by atoms with Crippen molar-refractivity contribution in [3.63, 3.8) is 0 Å². The molecule has 0 spiro atoms. The molecule has 1 aromatic carbocycles. The van der Waals surface area contributed by atoms with Crippen LogP contribution in [-0.2, 0) is 6.54 Å². The highest BCUT2D eigenvalue weighted by Crippen LogP contribution is 2.41. The van der Waals surface area contributed by atoms with Crippen LogP contribution in [0, 0.1) is 0 Å². The minimum Gasteiger partial charge on any atom is -0.388 e. The summed E-state index contributed by atoms with van der Waals surface area (Å²) in [6.45, 7) is 2.07. The second kappa shape index (κ2) is 6.71. The molecule has 2 aliphatic rings. The number of rotatable bonds is 6. The molecule has 0 radical (unpaired) electrons. The highest BCUT2D eigenvalue weighted by atomic mass is 32.1. The van der Waals surface area contributed by atoms with Gasteiger partial charge in [0.15, 0.2) is 0 Å². The first-order valence-corrected chi connectivity index (χ1v) is 9.59. The van der Waals surface area contributed by atoms with Crippen LogP contribution in [0.3, 0.4) is 0 Å². The Kier molecular flexibility index (Phi) is 4.47. The summed E-state index contributed by atoms with van der Waals surface area (Å²) in [5, 5.41) is 14.1. The lowest BCUT2D eigenvalue weighted by atomic mass is 10.0. The van der Waals surface area contributed by atoms with E-state index in [0.29, 0.717) is 6.04 Å². The van der Waals surface area contributed by atoms with E-state index in [1.54, 1.807) is 0 Å². The Bertz CT molecular complexity index is 638. The van der Waals surface area contributed by atoms with E-state index in [0.717, 1.165) is 31.0 Å². The van der Waals surface area contributed by atoms with Crippen molar-refractivity contribution in [2.75, 3.05) is 6.54 Å². The molecule has 23 heavy (non-hydrogen) atoms. The van der Waals surface area contributed by atoms with E-state index in [-0.39, 0.29) is 6.10 Å². The lowest BCUT2D eigenvalue weighted by molar-refractivity contribution is 0.117. The monoisotopic (exact) mass is 328 g/mol. The minimum atomic E-state index is -0.362. The van der Waals surface area contributed by atoms with Gasteiger partial charge in [-0.2, -0.15) is 0 Å². The molecule has 2 fully saturated rings. The summed E-state index contributed by atoms with van der Waals surface area (Å²) in [4.78, 5) is 7.33. The topological polar surface area (TPSA) is 36.4 Å². The fourth-order valence-electron chi connectivity index (χ4n) is 3.56. The molecule has 122 valence electrons. The molecular weight excluding hydrogens is 304 g/mol. The maximum absolute atomic E-state index is 10.5. The predicted molar refractivity (Wildman–Crippen MR) is 93.5 cm³/mol. The summed E-state index contributed by atoms with van der Waals surface area (Å²) in [5.74, 6) is 0.753. The number of hydrogen-bond donors (Lipinski definition) is 1. The third-order valence-electron chi connectivity index (χ3n) is 5.04. The molecule has 1 saturated heterocycles. The molecule has 2 aromatic rings. The number of nitrogens with zero attached hydrogens (tertiary/aromatic N) is 2. The Balaban J connectivity index is 1.37. The smallest absolute Gasteiger partial charge is 0.0959 e. The van der Waals surface area contributed by atoms with Gasteiger partial charge in [-0.3, -0.25) is 4.90 Å². The molecule has 3 nitrogen and oxygen atoms in total. The molecule has 1 aliphatic heterocycles. The SMILES string of the molecule is OC(CC1CCCN1Cc1csc(C2CC2)n1)c1ccccc1. The zero-order chi connectivity index (χ0) is 15.6. The first kappa shape index (κ1) is 15.3. The van der Waals surface area contributed by atoms with Crippen LogP contribution in [0.2, 0.25) is 0 Å². The van der Waals surface area contributed by atoms with Gasteiger partial charge in [0, 0.05) is 23.9 Å². The summed E-state index contributed by atoms with van der Waals surface area (Å²) < 4.78 is 0. The van der Waals surface area contributed by atoms with Gasteiger partial charge in [0.1, 0.15) is 0 Å². The lowest BCUT2D eigenvalue weighted by Gasteiger charge is -2.26. The number of benzene rings is 1. The van der Waals surface area contributed by atoms with Crippen LogP contribution in [0.25, 0.3) is 0 Å². The molecule has 2 heterocycles. The molecule has 2 unspecified atom stereocenters. The van der Waals surface area contributed by atoms with Crippen LogP contribution in [0.15, 0.2) is 35.7 Å². The van der Waals surface area contributed by atoms with E-state index in [4.69, 9.17) is 4.98 Å². The van der Waals surface area contributed by atoms with Crippen LogP contribution in [0.5, 0.6) is 0 Å². The van der Waals surface area contributed by atoms with Crippen molar-refractivity contribution in [1.29, 1.82) is 0 Å². The third-order valence-corrected chi connectivity index (χ3v) is 6.10. The first-order valence-electron chi connectivity index (χ1n) is 8.71. The van der Waals surface area contributed by atoms with Crippen molar-refractivity contribution < 1.29 is 5.11 Å². The first-order chi connectivity index (χ1) is 11.3. The summed E-state index contributed by atoms with van der Waals surface area (Å²) in [6, 6.07) is 10.5. The number of hydrogen-bond acceptors (Lipinski definition) is 4. The number of aliphatic hydroxyl groups excluding tert-OH is 1. The molecule has 4 rings (SSSR count). The zero-order valence-corrected chi connectivity index (χ0v) is 14.2. The number of likely N-dealkylation sites (tertiary alicyclic amines) is 1. The highest BCUT2D eigenvalue weighted by Gasteiger charge is 2.29. The van der Waals surface area contributed by atoms with Crippen LogP contribution in [0.4, 0.5) is 0 Å². The number of aliphatic hydroxyl groups is 1. The van der Waals surface area contributed by atoms with Gasteiger partial charge in [-0.25, -0.2) is 4.98 Å². The molecule has 1 aliphatic carbocycles. The molecule has 0 amide bonds. The van der Waals surface area contributed by atoms with Gasteiger partial charge in [-0.1, -0.05) is 30.3 Å². The van der Waals surface area contributed by atoms with Crippen molar-refractivity contribution in [3.8, 4) is 0 Å². The van der Waals surface area contributed by atoms with E-state index < -0.39 is 0 Å². The molecular formula is C19H24N2OS. The van der Waals surface area contributed by atoms with E-state index in [2.05, 4.69) is 10.3 Å². The van der Waals surface area contributed by atoms with Crippen molar-refractivity contribution in [3.05, 3.63) is 52.0 Å². The Labute approximate surface area is 142 Å². The number of aromatic nitrogens is 1. The maximum Gasteiger partial charge on any atom is 0.0959 e. The van der Waals surface area contributed by atoms with E-state index in [1.165, 1.54) is 36.4 Å². The molecule has 4 heteroatoms. The average molecular weight is 328 g/mol. The van der Waals surface area contributed by atoms with Gasteiger partial charge in [0.05, 0.1) is 16.8 Å². The average Bonchev–Trinajstić information content (AvgIpc) is 3.18. The van der Waals surface area contributed by atoms with Crippen LogP contribution in [0.1, 0.15) is 60.4 Å². The van der Waals surface area contributed by atoms with E-state index in [9.17, 15) is 5.11 Å². The summed E-state index contributed by atoms with van der Waals surface area (Å²) in [6.07, 6.45) is 5.52. The Morgan fingerprint density at radius 3 is 2.83 bits per heavy atom. The maximum atomic E-state index is 10.5. The Morgan fingerprint density at radius 2 is 2.04 bits per heavy atom. The quantitative estimate of drug-likeness (QED) is 0.867. The van der Waals surface area contributed by atoms with Crippen LogP contribution in [-0.4, -0.2) is 27.6 Å². The zero-order valence-electron chi connectivity index (χ0n) is 13.4. The van der Waals surface area contributed by atoms with E-state index in [1.807, 2.05) is 41.7 Å². The molecule has 0 bridgehead atoms. The molecule has 1 N–H and O–H groups in total.